The van der Waals surface area contributed by atoms with E-state index in [1.165, 1.54) is 0 Å². The number of H-pyrrole nitrogens is 1. The molecule has 1 N–H and O–H groups in total. The lowest BCUT2D eigenvalue weighted by molar-refractivity contribution is -0.140. The number of aromatic nitrogens is 4. The minimum Gasteiger partial charge on any atom is -0.367 e. The number of carbonyl (C=O) groups is 1. The molecule has 1 saturated heterocycles. The van der Waals surface area contributed by atoms with Crippen LogP contribution in [0.2, 0.25) is 0 Å². The van der Waals surface area contributed by atoms with E-state index in [1.807, 2.05) is 6.92 Å². The Morgan fingerprint density at radius 3 is 3.20 bits per heavy atom. The van der Waals surface area contributed by atoms with E-state index in [4.69, 9.17) is 4.74 Å². The van der Waals surface area contributed by atoms with Crippen molar-refractivity contribution in [1.29, 1.82) is 0 Å². The van der Waals surface area contributed by atoms with E-state index in [0.717, 1.165) is 11.5 Å². The summed E-state index contributed by atoms with van der Waals surface area (Å²) in [6.07, 6.45) is 5.04. The molecular formula is C13H17N5O2. The summed E-state index contributed by atoms with van der Waals surface area (Å²) in [5.74, 6) is 0.823. The second-order valence-corrected chi connectivity index (χ2v) is 4.85. The van der Waals surface area contributed by atoms with Crippen LogP contribution < -0.4 is 0 Å². The van der Waals surface area contributed by atoms with Gasteiger partial charge in [-0.3, -0.25) is 9.48 Å². The zero-order valence-electron chi connectivity index (χ0n) is 11.3. The molecule has 1 aliphatic heterocycles. The largest absolute Gasteiger partial charge is 0.367 e. The number of nitrogens with zero attached hydrogens (tertiary/aromatic N) is 4. The van der Waals surface area contributed by atoms with Crippen LogP contribution >= 0.6 is 0 Å². The second kappa shape index (κ2) is 5.46. The Balaban J connectivity index is 1.64. The molecule has 7 heteroatoms. The van der Waals surface area contributed by atoms with E-state index >= 15 is 0 Å². The molecule has 7 nitrogen and oxygen atoms in total. The molecule has 0 aromatic carbocycles. The quantitative estimate of drug-likeness (QED) is 0.885. The van der Waals surface area contributed by atoms with Crippen LogP contribution in [-0.2, 0) is 16.1 Å². The Morgan fingerprint density at radius 2 is 2.50 bits per heavy atom. The molecule has 1 fully saturated rings. The minimum absolute atomic E-state index is 0.0466. The Labute approximate surface area is 116 Å². The number of morpholine rings is 1. The zero-order valence-corrected chi connectivity index (χ0v) is 11.3. The Hall–Kier alpha value is -2.15. The maximum atomic E-state index is 12.2. The number of hydrogen-bond acceptors (Lipinski definition) is 4. The summed E-state index contributed by atoms with van der Waals surface area (Å²) in [7, 11) is 0. The molecule has 3 rings (SSSR count). The molecule has 1 aliphatic rings. The summed E-state index contributed by atoms with van der Waals surface area (Å²) < 4.78 is 7.31. The van der Waals surface area contributed by atoms with Gasteiger partial charge in [0.05, 0.1) is 13.2 Å². The highest BCUT2D eigenvalue weighted by Gasteiger charge is 2.27. The van der Waals surface area contributed by atoms with Crippen molar-refractivity contribution in [2.45, 2.75) is 19.6 Å². The average molecular weight is 275 g/mol. The van der Waals surface area contributed by atoms with Crippen molar-refractivity contribution >= 4 is 5.91 Å². The van der Waals surface area contributed by atoms with E-state index in [9.17, 15) is 4.79 Å². The first-order valence-corrected chi connectivity index (χ1v) is 6.60. The summed E-state index contributed by atoms with van der Waals surface area (Å²) in [5, 5.41) is 4.05. The van der Waals surface area contributed by atoms with Crippen molar-refractivity contribution < 1.29 is 9.53 Å². The number of nitrogens with one attached hydrogen (secondary N) is 1. The monoisotopic (exact) mass is 275 g/mol. The van der Waals surface area contributed by atoms with E-state index in [1.54, 1.807) is 34.2 Å². The molecule has 1 unspecified atom stereocenters. The molecule has 2 aromatic rings. The Kier molecular flexibility index (Phi) is 3.51. The van der Waals surface area contributed by atoms with E-state index in [2.05, 4.69) is 15.1 Å². The van der Waals surface area contributed by atoms with Crippen molar-refractivity contribution in [3.05, 3.63) is 36.2 Å². The predicted octanol–water partition coefficient (Wildman–Crippen LogP) is 0.515. The molecule has 0 bridgehead atoms. The molecule has 20 heavy (non-hydrogen) atoms. The second-order valence-electron chi connectivity index (χ2n) is 4.85. The van der Waals surface area contributed by atoms with Crippen LogP contribution in [0.1, 0.15) is 17.6 Å². The van der Waals surface area contributed by atoms with Crippen molar-refractivity contribution in [2.24, 2.45) is 0 Å². The summed E-state index contributed by atoms with van der Waals surface area (Å²) in [6, 6.07) is 1.81. The average Bonchev–Trinajstić information content (AvgIpc) is 3.10. The third-order valence-corrected chi connectivity index (χ3v) is 3.30. The van der Waals surface area contributed by atoms with Gasteiger partial charge in [-0.25, -0.2) is 4.98 Å². The molecule has 3 heterocycles. The van der Waals surface area contributed by atoms with Crippen molar-refractivity contribution in [3.8, 4) is 0 Å². The first kappa shape index (κ1) is 12.9. The normalized spacial score (nSPS) is 19.2. The molecule has 0 saturated carbocycles. The highest BCUT2D eigenvalue weighted by molar-refractivity contribution is 5.76. The number of carbonyl (C=O) groups excluding carboxylic acids is 1. The smallest absolute Gasteiger partial charge is 0.244 e. The van der Waals surface area contributed by atoms with Gasteiger partial charge in [0.25, 0.3) is 0 Å². The predicted molar refractivity (Wildman–Crippen MR) is 70.8 cm³/mol. The molecule has 1 atom stereocenters. The molecule has 2 aromatic heterocycles. The zero-order chi connectivity index (χ0) is 13.9. The summed E-state index contributed by atoms with van der Waals surface area (Å²) in [4.78, 5) is 21.5. The number of rotatable bonds is 3. The lowest BCUT2D eigenvalue weighted by atomic mass is 10.2. The van der Waals surface area contributed by atoms with Crippen LogP contribution in [-0.4, -0.2) is 50.3 Å². The van der Waals surface area contributed by atoms with Gasteiger partial charge < -0.3 is 14.6 Å². The number of amides is 1. The van der Waals surface area contributed by atoms with Crippen molar-refractivity contribution in [1.82, 2.24) is 24.6 Å². The van der Waals surface area contributed by atoms with Crippen LogP contribution in [0.4, 0.5) is 0 Å². The third-order valence-electron chi connectivity index (χ3n) is 3.30. The van der Waals surface area contributed by atoms with Crippen LogP contribution in [0.15, 0.2) is 24.7 Å². The fourth-order valence-electron chi connectivity index (χ4n) is 2.27. The standard InChI is InChI=1S/C13H17N5O2/c1-10-7-14-13(16-10)11-8-17(5-6-20-11)12(19)9-18-4-2-3-15-18/h2-4,7,11H,5-6,8-9H2,1H3,(H,14,16). The number of aryl methyl sites for hydroxylation is 1. The lowest BCUT2D eigenvalue weighted by Gasteiger charge is -2.32. The van der Waals surface area contributed by atoms with Crippen LogP contribution in [0.5, 0.6) is 0 Å². The number of imidazole rings is 1. The molecular weight excluding hydrogens is 258 g/mol. The maximum Gasteiger partial charge on any atom is 0.244 e. The maximum absolute atomic E-state index is 12.2. The molecule has 0 aliphatic carbocycles. The first-order valence-electron chi connectivity index (χ1n) is 6.60. The molecule has 106 valence electrons. The fourth-order valence-corrected chi connectivity index (χ4v) is 2.27. The molecule has 0 radical (unpaired) electrons. The Morgan fingerprint density at radius 1 is 1.60 bits per heavy atom. The van der Waals surface area contributed by atoms with E-state index < -0.39 is 0 Å². The highest BCUT2D eigenvalue weighted by atomic mass is 16.5. The Bertz CT molecular complexity index is 577. The van der Waals surface area contributed by atoms with Crippen LogP contribution in [0.3, 0.4) is 0 Å². The van der Waals surface area contributed by atoms with Gasteiger partial charge in [0.2, 0.25) is 5.91 Å². The third kappa shape index (κ3) is 2.72. The SMILES string of the molecule is Cc1cnc(C2CN(C(=O)Cn3cccn3)CCO2)[nH]1. The van der Waals surface area contributed by atoms with Gasteiger partial charge in [0.15, 0.2) is 0 Å². The van der Waals surface area contributed by atoms with Gasteiger partial charge in [0.1, 0.15) is 18.5 Å². The topological polar surface area (TPSA) is 76.0 Å². The number of aromatic amines is 1. The summed E-state index contributed by atoms with van der Waals surface area (Å²) in [6.45, 7) is 3.86. The van der Waals surface area contributed by atoms with Crippen LogP contribution in [0.25, 0.3) is 0 Å². The van der Waals surface area contributed by atoms with Gasteiger partial charge in [-0.15, -0.1) is 0 Å². The highest BCUT2D eigenvalue weighted by Crippen LogP contribution is 2.19. The lowest BCUT2D eigenvalue weighted by Crippen LogP contribution is -2.44. The number of ether oxygens (including phenoxy) is 1. The van der Waals surface area contributed by atoms with Gasteiger partial charge in [-0.2, -0.15) is 5.10 Å². The molecule has 0 spiro atoms. The van der Waals surface area contributed by atoms with Gasteiger partial charge >= 0.3 is 0 Å². The van der Waals surface area contributed by atoms with Crippen molar-refractivity contribution in [3.63, 3.8) is 0 Å². The number of hydrogen-bond donors (Lipinski definition) is 1. The van der Waals surface area contributed by atoms with Gasteiger partial charge in [0, 0.05) is 30.8 Å². The fraction of sp³-hybridized carbons (Fsp3) is 0.462. The van der Waals surface area contributed by atoms with Gasteiger partial charge in [-0.05, 0) is 13.0 Å². The first-order chi connectivity index (χ1) is 9.72. The van der Waals surface area contributed by atoms with Crippen LogP contribution in [0, 0.1) is 6.92 Å². The summed E-state index contributed by atoms with van der Waals surface area (Å²) in [5.41, 5.74) is 0.989. The van der Waals surface area contributed by atoms with E-state index in [-0.39, 0.29) is 18.6 Å². The minimum atomic E-state index is -0.181. The van der Waals surface area contributed by atoms with E-state index in [0.29, 0.717) is 19.7 Å². The summed E-state index contributed by atoms with van der Waals surface area (Å²) >= 11 is 0. The van der Waals surface area contributed by atoms with Crippen molar-refractivity contribution in [2.75, 3.05) is 19.7 Å². The molecule has 1 amide bonds. The van der Waals surface area contributed by atoms with Gasteiger partial charge in [-0.1, -0.05) is 0 Å².